The summed E-state index contributed by atoms with van der Waals surface area (Å²) in [7, 11) is 0. The third-order valence-corrected chi connectivity index (χ3v) is 3.41. The highest BCUT2D eigenvalue weighted by Crippen LogP contribution is 2.28. The third kappa shape index (κ3) is 2.98. The van der Waals surface area contributed by atoms with Crippen LogP contribution in [0.25, 0.3) is 0 Å². The maximum Gasteiger partial charge on any atom is 0.269 e. The van der Waals surface area contributed by atoms with E-state index in [1.165, 1.54) is 12.1 Å². The van der Waals surface area contributed by atoms with Crippen LogP contribution in [0.1, 0.15) is 21.9 Å². The summed E-state index contributed by atoms with van der Waals surface area (Å²) >= 11 is 3.56. The van der Waals surface area contributed by atoms with Crippen molar-refractivity contribution in [3.8, 4) is 0 Å². The predicted octanol–water partition coefficient (Wildman–Crippen LogP) is 4.17. The van der Waals surface area contributed by atoms with E-state index in [9.17, 15) is 10.1 Å². The average Bonchev–Trinajstić information content (AvgIpc) is 2.76. The van der Waals surface area contributed by atoms with E-state index < -0.39 is 4.92 Å². The van der Waals surface area contributed by atoms with Gasteiger partial charge >= 0.3 is 0 Å². The standard InChI is InChI=1S/C13H12BrNO3/c1-9-2-7-13(18-9)12(14)8-10-3-5-11(6-4-10)15(16)17/h2-7,12H,8H2,1H3. The number of hydrogen-bond donors (Lipinski definition) is 0. The summed E-state index contributed by atoms with van der Waals surface area (Å²) in [6, 6.07) is 10.4. The summed E-state index contributed by atoms with van der Waals surface area (Å²) in [5.41, 5.74) is 1.13. The van der Waals surface area contributed by atoms with E-state index in [2.05, 4.69) is 15.9 Å². The van der Waals surface area contributed by atoms with Crippen molar-refractivity contribution in [1.82, 2.24) is 0 Å². The molecule has 0 N–H and O–H groups in total. The molecule has 4 nitrogen and oxygen atoms in total. The first kappa shape index (κ1) is 12.8. The van der Waals surface area contributed by atoms with Gasteiger partial charge in [0.25, 0.3) is 5.69 Å². The highest BCUT2D eigenvalue weighted by atomic mass is 79.9. The first-order valence-electron chi connectivity index (χ1n) is 5.50. The maximum atomic E-state index is 10.5. The molecule has 2 aromatic rings. The van der Waals surface area contributed by atoms with Crippen molar-refractivity contribution >= 4 is 21.6 Å². The van der Waals surface area contributed by atoms with Crippen LogP contribution in [0, 0.1) is 17.0 Å². The number of alkyl halides is 1. The number of furan rings is 1. The zero-order valence-electron chi connectivity index (χ0n) is 9.80. The Hall–Kier alpha value is -1.62. The first-order valence-corrected chi connectivity index (χ1v) is 6.41. The predicted molar refractivity (Wildman–Crippen MR) is 71.9 cm³/mol. The van der Waals surface area contributed by atoms with Crippen LogP contribution in [0.4, 0.5) is 5.69 Å². The van der Waals surface area contributed by atoms with Crippen LogP contribution in [0.5, 0.6) is 0 Å². The van der Waals surface area contributed by atoms with Crippen molar-refractivity contribution in [2.75, 3.05) is 0 Å². The number of aryl methyl sites for hydroxylation is 1. The van der Waals surface area contributed by atoms with Crippen LogP contribution in [-0.2, 0) is 6.42 Å². The highest BCUT2D eigenvalue weighted by molar-refractivity contribution is 9.09. The molecule has 0 aliphatic heterocycles. The number of nitro benzene ring substituents is 1. The number of nitrogens with zero attached hydrogens (tertiary/aromatic N) is 1. The average molecular weight is 310 g/mol. The summed E-state index contributed by atoms with van der Waals surface area (Å²) < 4.78 is 5.52. The SMILES string of the molecule is Cc1ccc(C(Br)Cc2ccc([N+](=O)[O-])cc2)o1. The van der Waals surface area contributed by atoms with Gasteiger partial charge in [-0.3, -0.25) is 10.1 Å². The fraction of sp³-hybridized carbons (Fsp3) is 0.231. The smallest absolute Gasteiger partial charge is 0.269 e. The molecule has 5 heteroatoms. The van der Waals surface area contributed by atoms with Crippen molar-refractivity contribution < 1.29 is 9.34 Å². The van der Waals surface area contributed by atoms with Gasteiger partial charge in [0.2, 0.25) is 0 Å². The lowest BCUT2D eigenvalue weighted by Crippen LogP contribution is -1.94. The highest BCUT2D eigenvalue weighted by Gasteiger charge is 2.13. The molecule has 0 aliphatic rings. The Labute approximate surface area is 113 Å². The Morgan fingerprint density at radius 3 is 2.44 bits per heavy atom. The molecule has 1 atom stereocenters. The van der Waals surface area contributed by atoms with Gasteiger partial charge in [0, 0.05) is 12.1 Å². The summed E-state index contributed by atoms with van der Waals surface area (Å²) in [5, 5.41) is 10.5. The van der Waals surface area contributed by atoms with Gasteiger partial charge in [-0.25, -0.2) is 0 Å². The molecule has 0 fully saturated rings. The molecule has 0 amide bonds. The number of halogens is 1. The fourth-order valence-electron chi connectivity index (χ4n) is 1.68. The molecule has 1 aromatic heterocycles. The van der Waals surface area contributed by atoms with E-state index >= 15 is 0 Å². The Bertz CT molecular complexity index is 548. The Balaban J connectivity index is 2.07. The number of nitro groups is 1. The topological polar surface area (TPSA) is 56.3 Å². The van der Waals surface area contributed by atoms with E-state index in [-0.39, 0.29) is 10.5 Å². The zero-order valence-corrected chi connectivity index (χ0v) is 11.4. The van der Waals surface area contributed by atoms with Crippen molar-refractivity contribution in [3.63, 3.8) is 0 Å². The Morgan fingerprint density at radius 2 is 1.94 bits per heavy atom. The molecule has 1 heterocycles. The number of benzene rings is 1. The number of hydrogen-bond acceptors (Lipinski definition) is 3. The molecule has 18 heavy (non-hydrogen) atoms. The quantitative estimate of drug-likeness (QED) is 0.484. The van der Waals surface area contributed by atoms with Crippen molar-refractivity contribution in [1.29, 1.82) is 0 Å². The zero-order chi connectivity index (χ0) is 13.1. The van der Waals surface area contributed by atoms with Gasteiger partial charge in [0.15, 0.2) is 0 Å². The molecule has 1 aromatic carbocycles. The van der Waals surface area contributed by atoms with Crippen LogP contribution in [0.15, 0.2) is 40.8 Å². The normalized spacial score (nSPS) is 12.3. The monoisotopic (exact) mass is 309 g/mol. The molecule has 94 valence electrons. The molecule has 0 spiro atoms. The van der Waals surface area contributed by atoms with Gasteiger partial charge in [-0.15, -0.1) is 0 Å². The number of non-ortho nitro benzene ring substituents is 1. The lowest BCUT2D eigenvalue weighted by Gasteiger charge is -2.06. The number of rotatable bonds is 4. The van der Waals surface area contributed by atoms with Gasteiger partial charge in [-0.1, -0.05) is 28.1 Å². The minimum Gasteiger partial charge on any atom is -0.465 e. The molecule has 0 saturated carbocycles. The van der Waals surface area contributed by atoms with E-state index in [1.807, 2.05) is 19.1 Å². The van der Waals surface area contributed by atoms with Crippen molar-refractivity contribution in [2.45, 2.75) is 18.2 Å². The Morgan fingerprint density at radius 1 is 1.28 bits per heavy atom. The van der Waals surface area contributed by atoms with Gasteiger partial charge in [-0.05, 0) is 31.0 Å². The minimum atomic E-state index is -0.398. The summed E-state index contributed by atoms with van der Waals surface area (Å²) in [6.07, 6.45) is 0.727. The second-order valence-corrected chi connectivity index (χ2v) is 5.15. The maximum absolute atomic E-state index is 10.5. The van der Waals surface area contributed by atoms with Crippen molar-refractivity contribution in [2.24, 2.45) is 0 Å². The van der Waals surface area contributed by atoms with Gasteiger partial charge in [0.05, 0.1) is 9.75 Å². The first-order chi connectivity index (χ1) is 8.56. The molecule has 0 saturated heterocycles. The van der Waals surface area contributed by atoms with E-state index in [4.69, 9.17) is 4.42 Å². The second kappa shape index (κ2) is 5.35. The van der Waals surface area contributed by atoms with E-state index in [0.717, 1.165) is 23.5 Å². The fourth-order valence-corrected chi connectivity index (χ4v) is 2.30. The summed E-state index contributed by atoms with van der Waals surface area (Å²) in [5.74, 6) is 1.74. The van der Waals surface area contributed by atoms with Crippen LogP contribution in [0.3, 0.4) is 0 Å². The lowest BCUT2D eigenvalue weighted by atomic mass is 10.1. The van der Waals surface area contributed by atoms with Gasteiger partial charge in [-0.2, -0.15) is 0 Å². The second-order valence-electron chi connectivity index (χ2n) is 4.04. The molecule has 0 bridgehead atoms. The van der Waals surface area contributed by atoms with Crippen LogP contribution in [-0.4, -0.2) is 4.92 Å². The van der Waals surface area contributed by atoms with Gasteiger partial charge in [0.1, 0.15) is 11.5 Å². The van der Waals surface area contributed by atoms with E-state index in [0.29, 0.717) is 0 Å². The van der Waals surface area contributed by atoms with E-state index in [1.54, 1.807) is 12.1 Å². The lowest BCUT2D eigenvalue weighted by molar-refractivity contribution is -0.384. The third-order valence-electron chi connectivity index (χ3n) is 2.63. The molecule has 0 radical (unpaired) electrons. The molecule has 0 aliphatic carbocycles. The van der Waals surface area contributed by atoms with Crippen molar-refractivity contribution in [3.05, 3.63) is 63.6 Å². The molecule has 2 rings (SSSR count). The Kier molecular flexibility index (Phi) is 3.81. The minimum absolute atomic E-state index is 0.0765. The van der Waals surface area contributed by atoms with Crippen LogP contribution >= 0.6 is 15.9 Å². The largest absolute Gasteiger partial charge is 0.465 e. The molecular formula is C13H12BrNO3. The summed E-state index contributed by atoms with van der Waals surface area (Å²) in [6.45, 7) is 1.90. The summed E-state index contributed by atoms with van der Waals surface area (Å²) in [4.78, 5) is 10.2. The van der Waals surface area contributed by atoms with Crippen LogP contribution < -0.4 is 0 Å². The molecule has 1 unspecified atom stereocenters. The molecular weight excluding hydrogens is 298 g/mol. The van der Waals surface area contributed by atoms with Crippen LogP contribution in [0.2, 0.25) is 0 Å². The van der Waals surface area contributed by atoms with Gasteiger partial charge < -0.3 is 4.42 Å².